The highest BCUT2D eigenvalue weighted by atomic mass is 16.2. The number of nitrogens with one attached hydrogen (secondary N) is 1. The second-order valence-electron chi connectivity index (χ2n) is 4.27. The van der Waals surface area contributed by atoms with Gasteiger partial charge in [-0.3, -0.25) is 10.1 Å². The van der Waals surface area contributed by atoms with E-state index in [0.29, 0.717) is 0 Å². The van der Waals surface area contributed by atoms with Crippen LogP contribution in [-0.2, 0) is 4.79 Å². The minimum absolute atomic E-state index is 0.0137. The van der Waals surface area contributed by atoms with E-state index in [2.05, 4.69) is 24.4 Å². The Morgan fingerprint density at radius 3 is 2.62 bits per heavy atom. The summed E-state index contributed by atoms with van der Waals surface area (Å²) < 4.78 is 0. The summed E-state index contributed by atoms with van der Waals surface area (Å²) in [5.74, 6) is 0.204. The first-order valence-corrected chi connectivity index (χ1v) is 5.81. The number of benzene rings is 1. The number of nitrogens with zero attached hydrogens (tertiary/aromatic N) is 1. The minimum atomic E-state index is -0.0137. The van der Waals surface area contributed by atoms with Gasteiger partial charge in [-0.25, -0.2) is 0 Å². The van der Waals surface area contributed by atoms with Crippen LogP contribution in [0, 0.1) is 0 Å². The lowest BCUT2D eigenvalue weighted by molar-refractivity contribution is -0.128. The molecule has 0 aliphatic carbocycles. The molecule has 0 saturated carbocycles. The smallest absolute Gasteiger partial charge is 0.241 e. The van der Waals surface area contributed by atoms with Gasteiger partial charge in [0.2, 0.25) is 5.91 Å². The van der Waals surface area contributed by atoms with Crippen molar-refractivity contribution >= 4 is 5.91 Å². The van der Waals surface area contributed by atoms with Crippen LogP contribution in [0.25, 0.3) is 0 Å². The van der Waals surface area contributed by atoms with Crippen molar-refractivity contribution < 1.29 is 4.79 Å². The van der Waals surface area contributed by atoms with Gasteiger partial charge in [0.05, 0.1) is 6.04 Å². The number of carbonyl (C=O) groups excluding carboxylic acids is 1. The van der Waals surface area contributed by atoms with E-state index in [1.54, 1.807) is 4.90 Å². The number of hydrogen-bond acceptors (Lipinski definition) is 2. The zero-order valence-corrected chi connectivity index (χ0v) is 9.81. The molecule has 1 aromatic carbocycles. The van der Waals surface area contributed by atoms with Crippen molar-refractivity contribution in [3.63, 3.8) is 0 Å². The first kappa shape index (κ1) is 11.1. The zero-order chi connectivity index (χ0) is 11.5. The van der Waals surface area contributed by atoms with Gasteiger partial charge in [-0.15, -0.1) is 0 Å². The van der Waals surface area contributed by atoms with Gasteiger partial charge in [0.15, 0.2) is 0 Å². The fourth-order valence-electron chi connectivity index (χ4n) is 2.20. The Kier molecular flexibility index (Phi) is 3.25. The molecule has 1 heterocycles. The first-order valence-electron chi connectivity index (χ1n) is 5.81. The molecule has 1 saturated heterocycles. The maximum Gasteiger partial charge on any atom is 0.241 e. The van der Waals surface area contributed by atoms with Crippen LogP contribution in [0.15, 0.2) is 30.3 Å². The zero-order valence-electron chi connectivity index (χ0n) is 9.81. The van der Waals surface area contributed by atoms with Crippen molar-refractivity contribution in [2.75, 3.05) is 7.05 Å². The largest absolute Gasteiger partial charge is 0.325 e. The van der Waals surface area contributed by atoms with Crippen LogP contribution in [0.2, 0.25) is 0 Å². The van der Waals surface area contributed by atoms with E-state index >= 15 is 0 Å². The summed E-state index contributed by atoms with van der Waals surface area (Å²) >= 11 is 0. The second kappa shape index (κ2) is 4.66. The monoisotopic (exact) mass is 218 g/mol. The fourth-order valence-corrected chi connectivity index (χ4v) is 2.20. The van der Waals surface area contributed by atoms with Crippen molar-refractivity contribution in [1.82, 2.24) is 10.2 Å². The summed E-state index contributed by atoms with van der Waals surface area (Å²) in [6.45, 7) is 2.10. The number of carbonyl (C=O) groups is 1. The van der Waals surface area contributed by atoms with Gasteiger partial charge in [-0.2, -0.15) is 0 Å². The van der Waals surface area contributed by atoms with Crippen molar-refractivity contribution in [3.05, 3.63) is 35.9 Å². The summed E-state index contributed by atoms with van der Waals surface area (Å²) in [5, 5.41) is 3.38. The van der Waals surface area contributed by atoms with Crippen LogP contribution >= 0.6 is 0 Å². The highest BCUT2D eigenvalue weighted by Gasteiger charge is 2.36. The molecule has 0 aromatic heterocycles. The van der Waals surface area contributed by atoms with Crippen molar-refractivity contribution in [3.8, 4) is 0 Å². The third-order valence-corrected chi connectivity index (χ3v) is 3.08. The van der Waals surface area contributed by atoms with Crippen molar-refractivity contribution in [2.24, 2.45) is 0 Å². The average Bonchev–Trinajstić information content (AvgIpc) is 2.59. The maximum absolute atomic E-state index is 11.9. The minimum Gasteiger partial charge on any atom is -0.325 e. The van der Waals surface area contributed by atoms with Crippen molar-refractivity contribution in [1.29, 1.82) is 0 Å². The molecule has 2 atom stereocenters. The molecule has 0 radical (unpaired) electrons. The Morgan fingerprint density at radius 2 is 2.00 bits per heavy atom. The molecule has 16 heavy (non-hydrogen) atoms. The molecule has 3 nitrogen and oxygen atoms in total. The molecule has 1 aromatic rings. The molecule has 86 valence electrons. The molecule has 1 fully saturated rings. The Hall–Kier alpha value is -1.35. The Labute approximate surface area is 96.5 Å². The number of rotatable bonds is 3. The Balaban J connectivity index is 2.16. The molecular weight excluding hydrogens is 200 g/mol. The summed E-state index contributed by atoms with van der Waals surface area (Å²) in [4.78, 5) is 13.7. The molecule has 2 rings (SSSR count). The molecule has 0 spiro atoms. The van der Waals surface area contributed by atoms with Crippen LogP contribution in [0.3, 0.4) is 0 Å². The molecule has 3 heteroatoms. The van der Waals surface area contributed by atoms with Gasteiger partial charge in [0.1, 0.15) is 6.17 Å². The SMILES string of the molecule is CCCC1NC(c2ccccc2)N(C)C1=O. The normalized spacial score (nSPS) is 25.1. The Bertz CT molecular complexity index is 363. The van der Waals surface area contributed by atoms with Crippen LogP contribution < -0.4 is 5.32 Å². The standard InChI is InChI=1S/C13H18N2O/c1-3-7-11-13(16)15(2)12(14-11)10-8-5-4-6-9-10/h4-6,8-9,11-12,14H,3,7H2,1-2H3. The maximum atomic E-state index is 11.9. The van der Waals surface area contributed by atoms with Gasteiger partial charge in [-0.05, 0) is 12.0 Å². The molecule has 1 N–H and O–H groups in total. The lowest BCUT2D eigenvalue weighted by atomic mass is 10.1. The van der Waals surface area contributed by atoms with Gasteiger partial charge >= 0.3 is 0 Å². The Morgan fingerprint density at radius 1 is 1.31 bits per heavy atom. The summed E-state index contributed by atoms with van der Waals surface area (Å²) in [5.41, 5.74) is 1.15. The third kappa shape index (κ3) is 1.95. The summed E-state index contributed by atoms with van der Waals surface area (Å²) in [6, 6.07) is 10.1. The van der Waals surface area contributed by atoms with E-state index in [1.807, 2.05) is 25.2 Å². The highest BCUT2D eigenvalue weighted by molar-refractivity contribution is 5.84. The van der Waals surface area contributed by atoms with E-state index in [0.717, 1.165) is 18.4 Å². The van der Waals surface area contributed by atoms with Crippen LogP contribution in [0.1, 0.15) is 31.5 Å². The third-order valence-electron chi connectivity index (χ3n) is 3.08. The molecule has 2 unspecified atom stereocenters. The van der Waals surface area contributed by atoms with Crippen LogP contribution in [-0.4, -0.2) is 23.9 Å². The number of hydrogen-bond donors (Lipinski definition) is 1. The number of amides is 1. The number of likely N-dealkylation sites (N-methyl/N-ethyl adjacent to an activating group) is 1. The van der Waals surface area contributed by atoms with Gasteiger partial charge in [0.25, 0.3) is 0 Å². The van der Waals surface area contributed by atoms with E-state index < -0.39 is 0 Å². The summed E-state index contributed by atoms with van der Waals surface area (Å²) in [6.07, 6.45) is 1.97. The second-order valence-corrected chi connectivity index (χ2v) is 4.27. The average molecular weight is 218 g/mol. The van der Waals surface area contributed by atoms with E-state index in [9.17, 15) is 4.79 Å². The molecule has 0 bridgehead atoms. The van der Waals surface area contributed by atoms with E-state index in [4.69, 9.17) is 0 Å². The molecular formula is C13H18N2O. The van der Waals surface area contributed by atoms with Gasteiger partial charge in [-0.1, -0.05) is 43.7 Å². The first-order chi connectivity index (χ1) is 7.74. The molecule has 1 aliphatic heterocycles. The highest BCUT2D eigenvalue weighted by Crippen LogP contribution is 2.24. The predicted octanol–water partition coefficient (Wildman–Crippen LogP) is 1.92. The summed E-state index contributed by atoms with van der Waals surface area (Å²) in [7, 11) is 1.86. The van der Waals surface area contributed by atoms with Gasteiger partial charge in [0, 0.05) is 7.05 Å². The van der Waals surface area contributed by atoms with E-state index in [1.165, 1.54) is 0 Å². The fraction of sp³-hybridized carbons (Fsp3) is 0.462. The van der Waals surface area contributed by atoms with Crippen LogP contribution in [0.5, 0.6) is 0 Å². The van der Waals surface area contributed by atoms with Crippen LogP contribution in [0.4, 0.5) is 0 Å². The lowest BCUT2D eigenvalue weighted by Crippen LogP contribution is -2.28. The van der Waals surface area contributed by atoms with Crippen molar-refractivity contribution in [2.45, 2.75) is 32.0 Å². The van der Waals surface area contributed by atoms with E-state index in [-0.39, 0.29) is 18.1 Å². The quantitative estimate of drug-likeness (QED) is 0.840. The lowest BCUT2D eigenvalue weighted by Gasteiger charge is -2.19. The topological polar surface area (TPSA) is 32.3 Å². The predicted molar refractivity (Wildman–Crippen MR) is 63.8 cm³/mol. The molecule has 1 aliphatic rings. The molecule has 1 amide bonds. The van der Waals surface area contributed by atoms with Gasteiger partial charge < -0.3 is 4.90 Å².